The fraction of sp³-hybridized carbons (Fsp3) is 0.593. The van der Waals surface area contributed by atoms with Crippen molar-refractivity contribution < 1.29 is 48.3 Å². The average Bonchev–Trinajstić information content (AvgIpc) is 3.38. The lowest BCUT2D eigenvalue weighted by molar-refractivity contribution is -0.172. The van der Waals surface area contributed by atoms with Crippen LogP contribution in [0.25, 0.3) is 5.52 Å². The molecule has 5 atom stereocenters. The number of hydrogen-bond acceptors (Lipinski definition) is 14. The molecule has 0 saturated heterocycles. The maximum absolute atomic E-state index is 12.3. The van der Waals surface area contributed by atoms with Gasteiger partial charge >= 0.3 is 24.0 Å². The molecule has 2 rings (SSSR count). The highest BCUT2D eigenvalue weighted by atomic mass is 16.7. The molecule has 0 aliphatic heterocycles. The van der Waals surface area contributed by atoms with E-state index < -0.39 is 73.1 Å². The molecule has 16 heteroatoms. The number of aliphatic hydroxyl groups excluding tert-OH is 2. The normalized spacial score (nSPS) is 15.0. The quantitative estimate of drug-likeness (QED) is 0.141. The first-order valence-corrected chi connectivity index (χ1v) is 13.4. The van der Waals surface area contributed by atoms with Gasteiger partial charge in [-0.25, -0.2) is 14.3 Å². The molecule has 0 aliphatic carbocycles. The van der Waals surface area contributed by atoms with Gasteiger partial charge in [0.25, 0.3) is 0 Å². The third kappa shape index (κ3) is 9.33. The Labute approximate surface area is 248 Å². The second-order valence-electron chi connectivity index (χ2n) is 10.9. The molecule has 2 aromatic heterocycles. The Bertz CT molecular complexity index is 1330. The van der Waals surface area contributed by atoms with Crippen LogP contribution < -0.4 is 11.1 Å². The van der Waals surface area contributed by atoms with Gasteiger partial charge in [0.2, 0.25) is 6.79 Å². The number of hydrogen-bond donors (Lipinski definition) is 4. The number of carbonyl (C=O) groups excluding carboxylic acids is 4. The van der Waals surface area contributed by atoms with Crippen molar-refractivity contribution in [1.29, 1.82) is 5.26 Å². The summed E-state index contributed by atoms with van der Waals surface area (Å²) < 4.78 is 21.3. The van der Waals surface area contributed by atoms with Gasteiger partial charge in [-0.2, -0.15) is 10.4 Å². The van der Waals surface area contributed by atoms with E-state index in [1.807, 2.05) is 6.07 Å². The molecule has 0 spiro atoms. The zero-order valence-corrected chi connectivity index (χ0v) is 24.8. The summed E-state index contributed by atoms with van der Waals surface area (Å²) in [5, 5.41) is 38.4. The number of nitrogens with two attached hydrogens (primary N) is 1. The topological polar surface area (TPSA) is 238 Å². The van der Waals surface area contributed by atoms with Gasteiger partial charge in [-0.1, -0.05) is 20.8 Å². The number of fused-ring (bicyclic) bond motifs is 1. The summed E-state index contributed by atoms with van der Waals surface area (Å²) in [7, 11) is 0. The summed E-state index contributed by atoms with van der Waals surface area (Å²) in [6.45, 7) is 8.50. The second kappa shape index (κ2) is 15.2. The summed E-state index contributed by atoms with van der Waals surface area (Å²) >= 11 is 0. The minimum absolute atomic E-state index is 0.0398. The second-order valence-corrected chi connectivity index (χ2v) is 10.9. The van der Waals surface area contributed by atoms with Crippen LogP contribution in [-0.4, -0.2) is 86.6 Å². The SMILES string of the molecule is CCC(=O)O[C@H]([C@H](O)COC(=O)[C@@H](N)C(C)C)[C@@H](O)C(C#N)c1ccc2c(NC(=O)OCOC(=O)C(C)(C)C)ncnn12. The number of esters is 3. The third-order valence-electron chi connectivity index (χ3n) is 6.15. The number of anilines is 1. The maximum atomic E-state index is 12.3. The lowest BCUT2D eigenvalue weighted by atomic mass is 9.93. The van der Waals surface area contributed by atoms with E-state index in [1.54, 1.807) is 34.6 Å². The van der Waals surface area contributed by atoms with Crippen LogP contribution in [-0.2, 0) is 33.3 Å². The Hall–Kier alpha value is -4.33. The Balaban J connectivity index is 2.26. The number of carbonyl (C=O) groups is 4. The lowest BCUT2D eigenvalue weighted by Gasteiger charge is -2.29. The molecule has 0 fully saturated rings. The van der Waals surface area contributed by atoms with E-state index in [0.29, 0.717) is 0 Å². The summed E-state index contributed by atoms with van der Waals surface area (Å²) in [5.74, 6) is -3.89. The maximum Gasteiger partial charge on any atom is 0.415 e. The van der Waals surface area contributed by atoms with Crippen LogP contribution >= 0.6 is 0 Å². The van der Waals surface area contributed by atoms with E-state index in [1.165, 1.54) is 23.6 Å². The summed E-state index contributed by atoms with van der Waals surface area (Å²) in [6.07, 6.45) is -5.26. The molecule has 1 amide bonds. The van der Waals surface area contributed by atoms with Crippen LogP contribution in [0.4, 0.5) is 10.6 Å². The molecule has 2 aromatic rings. The van der Waals surface area contributed by atoms with Gasteiger partial charge in [0, 0.05) is 6.42 Å². The van der Waals surface area contributed by atoms with Crippen molar-refractivity contribution in [3.8, 4) is 6.07 Å². The number of rotatable bonds is 13. The molecule has 5 N–H and O–H groups in total. The van der Waals surface area contributed by atoms with Crippen LogP contribution in [0.5, 0.6) is 0 Å². The Morgan fingerprint density at radius 3 is 2.40 bits per heavy atom. The van der Waals surface area contributed by atoms with Crippen molar-refractivity contribution in [3.63, 3.8) is 0 Å². The summed E-state index contributed by atoms with van der Waals surface area (Å²) in [6, 6.07) is 3.80. The Morgan fingerprint density at radius 2 is 1.81 bits per heavy atom. The predicted octanol–water partition coefficient (Wildman–Crippen LogP) is 1.00. The Kier molecular flexibility index (Phi) is 12.4. The number of ether oxygens (including phenoxy) is 4. The largest absolute Gasteiger partial charge is 0.462 e. The zero-order chi connectivity index (χ0) is 32.5. The van der Waals surface area contributed by atoms with Gasteiger partial charge in [0.1, 0.15) is 42.6 Å². The van der Waals surface area contributed by atoms with Crippen LogP contribution in [0.15, 0.2) is 18.5 Å². The molecule has 0 bridgehead atoms. The molecule has 0 aromatic carbocycles. The van der Waals surface area contributed by atoms with Crippen molar-refractivity contribution in [3.05, 3.63) is 24.2 Å². The average molecular weight is 607 g/mol. The zero-order valence-electron chi connectivity index (χ0n) is 24.8. The van der Waals surface area contributed by atoms with Gasteiger partial charge in [0.15, 0.2) is 11.9 Å². The molecule has 0 radical (unpaired) electrons. The van der Waals surface area contributed by atoms with Crippen molar-refractivity contribution in [2.45, 2.75) is 78.2 Å². The molecule has 0 aliphatic rings. The highest BCUT2D eigenvalue weighted by Gasteiger charge is 2.39. The standard InChI is InChI=1S/C27H38N6O10/c1-7-19(35)43-22(18(34)11-40-24(37)20(29)14(2)3)21(36)15(10-28)16-8-9-17-23(30-12-31-33(16)17)32-26(39)42-13-41-25(38)27(4,5)6/h8-9,12,14-15,18,20-22,34,36H,7,11,13,29H2,1-6H3,(H,30,31,32,39)/t15?,18-,20+,21+,22-/m1/s1. The first kappa shape index (κ1) is 34.9. The van der Waals surface area contributed by atoms with Crippen LogP contribution in [0, 0.1) is 22.7 Å². The number of nitrogens with one attached hydrogen (secondary N) is 1. The van der Waals surface area contributed by atoms with E-state index in [4.69, 9.17) is 24.7 Å². The number of aromatic nitrogens is 3. The van der Waals surface area contributed by atoms with Gasteiger partial charge < -0.3 is 34.9 Å². The summed E-state index contributed by atoms with van der Waals surface area (Å²) in [4.78, 5) is 52.4. The van der Waals surface area contributed by atoms with E-state index in [-0.39, 0.29) is 29.4 Å². The van der Waals surface area contributed by atoms with Gasteiger partial charge in [-0.3, -0.25) is 19.7 Å². The fourth-order valence-electron chi connectivity index (χ4n) is 3.52. The monoisotopic (exact) mass is 606 g/mol. The molecular formula is C27H38N6O10. The van der Waals surface area contributed by atoms with Gasteiger partial charge in [-0.05, 0) is 38.8 Å². The molecule has 2 heterocycles. The predicted molar refractivity (Wildman–Crippen MR) is 148 cm³/mol. The summed E-state index contributed by atoms with van der Waals surface area (Å²) in [5.41, 5.74) is 5.25. The smallest absolute Gasteiger partial charge is 0.415 e. The van der Waals surface area contributed by atoms with Crippen molar-refractivity contribution in [2.24, 2.45) is 17.1 Å². The van der Waals surface area contributed by atoms with E-state index in [2.05, 4.69) is 15.4 Å². The number of amides is 1. The molecule has 236 valence electrons. The minimum atomic E-state index is -1.82. The molecule has 0 saturated carbocycles. The van der Waals surface area contributed by atoms with Crippen molar-refractivity contribution >= 4 is 35.3 Å². The van der Waals surface area contributed by atoms with Crippen LogP contribution in [0.3, 0.4) is 0 Å². The minimum Gasteiger partial charge on any atom is -0.462 e. The first-order chi connectivity index (χ1) is 20.1. The van der Waals surface area contributed by atoms with E-state index in [0.717, 1.165) is 6.33 Å². The molecule has 43 heavy (non-hydrogen) atoms. The number of aliphatic hydroxyl groups is 2. The Morgan fingerprint density at radius 1 is 1.14 bits per heavy atom. The van der Waals surface area contributed by atoms with Gasteiger partial charge in [0.05, 0.1) is 17.2 Å². The van der Waals surface area contributed by atoms with Crippen molar-refractivity contribution in [1.82, 2.24) is 14.6 Å². The van der Waals surface area contributed by atoms with E-state index >= 15 is 0 Å². The van der Waals surface area contributed by atoms with Crippen LogP contribution in [0.2, 0.25) is 0 Å². The third-order valence-corrected chi connectivity index (χ3v) is 6.15. The fourth-order valence-corrected chi connectivity index (χ4v) is 3.52. The highest BCUT2D eigenvalue weighted by molar-refractivity contribution is 5.88. The van der Waals surface area contributed by atoms with Gasteiger partial charge in [-0.15, -0.1) is 0 Å². The molecule has 1 unspecified atom stereocenters. The first-order valence-electron chi connectivity index (χ1n) is 13.4. The molecule has 16 nitrogen and oxygen atoms in total. The van der Waals surface area contributed by atoms with Crippen molar-refractivity contribution in [2.75, 3.05) is 18.7 Å². The molecular weight excluding hydrogens is 568 g/mol. The highest BCUT2D eigenvalue weighted by Crippen LogP contribution is 2.28. The lowest BCUT2D eigenvalue weighted by Crippen LogP contribution is -2.47. The number of nitriles is 1. The van der Waals surface area contributed by atoms with Crippen LogP contribution in [0.1, 0.15) is 59.6 Å². The van der Waals surface area contributed by atoms with E-state index in [9.17, 15) is 34.7 Å². The number of nitrogens with zero attached hydrogens (tertiary/aromatic N) is 4.